The van der Waals surface area contributed by atoms with E-state index in [0.29, 0.717) is 0 Å². The van der Waals surface area contributed by atoms with Crippen LogP contribution in [-0.2, 0) is 10.2 Å². The van der Waals surface area contributed by atoms with Crippen molar-refractivity contribution in [3.8, 4) is 0 Å². The predicted octanol–water partition coefficient (Wildman–Crippen LogP) is 2.54. The van der Waals surface area contributed by atoms with Gasteiger partial charge in [-0.1, -0.05) is 15.9 Å². The van der Waals surface area contributed by atoms with Gasteiger partial charge in [-0.05, 0) is 49.4 Å². The first-order chi connectivity index (χ1) is 8.12. The number of hydrogen-bond donors (Lipinski definition) is 2. The van der Waals surface area contributed by atoms with Crippen molar-refractivity contribution < 1.29 is 4.79 Å². The summed E-state index contributed by atoms with van der Waals surface area (Å²) in [5.74, 6) is 0.150. The first-order valence-electron chi connectivity index (χ1n) is 5.99. The Kier molecular flexibility index (Phi) is 2.52. The summed E-state index contributed by atoms with van der Waals surface area (Å²) < 4.78 is 1.03. The molecular formula is C13H15BrN2O. The third-order valence-corrected chi connectivity index (χ3v) is 4.56. The molecule has 0 radical (unpaired) electrons. The summed E-state index contributed by atoms with van der Waals surface area (Å²) in [5.41, 5.74) is 7.72. The zero-order valence-corrected chi connectivity index (χ0v) is 11.1. The maximum Gasteiger partial charge on any atom is 0.235 e. The normalized spacial score (nSPS) is 31.4. The highest BCUT2D eigenvalue weighted by atomic mass is 79.9. The van der Waals surface area contributed by atoms with E-state index in [1.165, 1.54) is 0 Å². The smallest absolute Gasteiger partial charge is 0.235 e. The summed E-state index contributed by atoms with van der Waals surface area (Å²) in [4.78, 5) is 12.3. The van der Waals surface area contributed by atoms with Gasteiger partial charge in [-0.3, -0.25) is 4.79 Å². The van der Waals surface area contributed by atoms with Gasteiger partial charge in [0.05, 0.1) is 5.41 Å². The summed E-state index contributed by atoms with van der Waals surface area (Å²) in [6.07, 6.45) is 3.59. The Labute approximate surface area is 109 Å². The molecule has 0 bridgehead atoms. The highest BCUT2D eigenvalue weighted by molar-refractivity contribution is 9.10. The number of anilines is 1. The molecule has 3 nitrogen and oxygen atoms in total. The van der Waals surface area contributed by atoms with Crippen LogP contribution in [-0.4, -0.2) is 11.9 Å². The van der Waals surface area contributed by atoms with Crippen LogP contribution in [0.3, 0.4) is 0 Å². The molecule has 3 rings (SSSR count). The molecule has 90 valence electrons. The Balaban J connectivity index is 2.06. The second-order valence-corrected chi connectivity index (χ2v) is 5.98. The lowest BCUT2D eigenvalue weighted by Gasteiger charge is -2.34. The Morgan fingerprint density at radius 1 is 1.35 bits per heavy atom. The van der Waals surface area contributed by atoms with E-state index in [4.69, 9.17) is 5.73 Å². The summed E-state index contributed by atoms with van der Waals surface area (Å²) in [5, 5.41) is 3.00. The number of nitrogens with two attached hydrogens (primary N) is 1. The van der Waals surface area contributed by atoms with Crippen molar-refractivity contribution in [2.45, 2.75) is 37.1 Å². The van der Waals surface area contributed by atoms with Gasteiger partial charge in [-0.15, -0.1) is 0 Å². The van der Waals surface area contributed by atoms with E-state index in [1.807, 2.05) is 12.1 Å². The quantitative estimate of drug-likeness (QED) is 0.773. The number of hydrogen-bond acceptors (Lipinski definition) is 2. The molecule has 1 aliphatic heterocycles. The van der Waals surface area contributed by atoms with E-state index in [0.717, 1.165) is 41.4 Å². The second-order valence-electron chi connectivity index (χ2n) is 5.06. The Bertz CT molecular complexity index is 478. The lowest BCUT2D eigenvalue weighted by Crippen LogP contribution is -2.41. The van der Waals surface area contributed by atoms with Crippen LogP contribution in [0, 0.1) is 0 Å². The van der Waals surface area contributed by atoms with Gasteiger partial charge in [-0.25, -0.2) is 0 Å². The number of amides is 1. The molecule has 0 atom stereocenters. The molecule has 0 unspecified atom stereocenters. The van der Waals surface area contributed by atoms with Gasteiger partial charge in [0.2, 0.25) is 5.91 Å². The molecule has 1 spiro atoms. The molecule has 1 amide bonds. The minimum absolute atomic E-state index is 0.150. The average molecular weight is 295 g/mol. The van der Waals surface area contributed by atoms with Crippen molar-refractivity contribution in [2.24, 2.45) is 5.73 Å². The van der Waals surface area contributed by atoms with E-state index in [2.05, 4.69) is 27.3 Å². The lowest BCUT2D eigenvalue weighted by molar-refractivity contribution is -0.122. The second kappa shape index (κ2) is 3.82. The summed E-state index contributed by atoms with van der Waals surface area (Å²) in [7, 11) is 0. The number of carbonyl (C=O) groups is 1. The molecule has 2 aliphatic rings. The minimum atomic E-state index is -0.324. The third-order valence-electron chi connectivity index (χ3n) is 4.06. The SMILES string of the molecule is NC1CCC2(CC1)C(=O)Nc1ccc(Br)cc12. The van der Waals surface area contributed by atoms with Gasteiger partial charge in [0.25, 0.3) is 0 Å². The van der Waals surface area contributed by atoms with Crippen LogP contribution in [0.25, 0.3) is 0 Å². The molecule has 0 aromatic heterocycles. The molecule has 3 N–H and O–H groups in total. The van der Waals surface area contributed by atoms with Crippen LogP contribution in [0.4, 0.5) is 5.69 Å². The zero-order chi connectivity index (χ0) is 12.0. The monoisotopic (exact) mass is 294 g/mol. The van der Waals surface area contributed by atoms with E-state index in [1.54, 1.807) is 0 Å². The van der Waals surface area contributed by atoms with Gasteiger partial charge < -0.3 is 11.1 Å². The summed E-state index contributed by atoms with van der Waals surface area (Å²) in [6.45, 7) is 0. The summed E-state index contributed by atoms with van der Waals surface area (Å²) in [6, 6.07) is 6.27. The van der Waals surface area contributed by atoms with Crippen LogP contribution in [0.15, 0.2) is 22.7 Å². The maximum atomic E-state index is 12.3. The highest BCUT2D eigenvalue weighted by Gasteiger charge is 2.48. The fourth-order valence-electron chi connectivity index (χ4n) is 3.01. The van der Waals surface area contributed by atoms with Crippen molar-refractivity contribution in [1.82, 2.24) is 0 Å². The maximum absolute atomic E-state index is 12.3. The summed E-state index contributed by atoms with van der Waals surface area (Å²) >= 11 is 3.48. The average Bonchev–Trinajstić information content (AvgIpc) is 2.57. The van der Waals surface area contributed by atoms with Gasteiger partial charge in [0.1, 0.15) is 0 Å². The van der Waals surface area contributed by atoms with Crippen molar-refractivity contribution in [2.75, 3.05) is 5.32 Å². The molecule has 1 aromatic carbocycles. The van der Waals surface area contributed by atoms with Crippen LogP contribution >= 0.6 is 15.9 Å². The minimum Gasteiger partial charge on any atom is -0.328 e. The molecule has 4 heteroatoms. The van der Waals surface area contributed by atoms with E-state index < -0.39 is 0 Å². The Hall–Kier alpha value is -0.870. The van der Waals surface area contributed by atoms with Crippen molar-refractivity contribution in [3.05, 3.63) is 28.2 Å². The largest absolute Gasteiger partial charge is 0.328 e. The number of nitrogens with one attached hydrogen (secondary N) is 1. The van der Waals surface area contributed by atoms with Crippen LogP contribution in [0.1, 0.15) is 31.2 Å². The van der Waals surface area contributed by atoms with Gasteiger partial charge in [0.15, 0.2) is 0 Å². The third kappa shape index (κ3) is 1.62. The van der Waals surface area contributed by atoms with Crippen LogP contribution in [0.2, 0.25) is 0 Å². The van der Waals surface area contributed by atoms with Crippen LogP contribution in [0.5, 0.6) is 0 Å². The first kappa shape index (κ1) is 11.2. The van der Waals surface area contributed by atoms with Crippen molar-refractivity contribution in [3.63, 3.8) is 0 Å². The lowest BCUT2D eigenvalue weighted by atomic mass is 9.69. The Morgan fingerprint density at radius 2 is 2.06 bits per heavy atom. The van der Waals surface area contributed by atoms with E-state index in [9.17, 15) is 4.79 Å². The van der Waals surface area contributed by atoms with Gasteiger partial charge in [-0.2, -0.15) is 0 Å². The van der Waals surface area contributed by atoms with E-state index in [-0.39, 0.29) is 17.4 Å². The van der Waals surface area contributed by atoms with Gasteiger partial charge in [0, 0.05) is 16.2 Å². The molecule has 1 aromatic rings. The molecule has 1 heterocycles. The van der Waals surface area contributed by atoms with Crippen LogP contribution < -0.4 is 11.1 Å². The molecule has 1 saturated carbocycles. The molecule has 1 aliphatic carbocycles. The van der Waals surface area contributed by atoms with E-state index >= 15 is 0 Å². The van der Waals surface area contributed by atoms with Crippen molar-refractivity contribution in [1.29, 1.82) is 0 Å². The fraction of sp³-hybridized carbons (Fsp3) is 0.462. The number of carbonyl (C=O) groups excluding carboxylic acids is 1. The first-order valence-corrected chi connectivity index (χ1v) is 6.78. The molecule has 0 saturated heterocycles. The highest BCUT2D eigenvalue weighted by Crippen LogP contribution is 2.47. The zero-order valence-electron chi connectivity index (χ0n) is 9.50. The predicted molar refractivity (Wildman–Crippen MR) is 70.9 cm³/mol. The number of halogens is 1. The fourth-order valence-corrected chi connectivity index (χ4v) is 3.38. The Morgan fingerprint density at radius 3 is 2.76 bits per heavy atom. The molecule has 1 fully saturated rings. The standard InChI is InChI=1S/C13H15BrN2O/c14-8-1-2-11-10(7-8)13(12(17)16-11)5-3-9(15)4-6-13/h1-2,7,9H,3-6,15H2,(H,16,17). The van der Waals surface area contributed by atoms with Gasteiger partial charge >= 0.3 is 0 Å². The molecule has 17 heavy (non-hydrogen) atoms. The number of benzene rings is 1. The van der Waals surface area contributed by atoms with Crippen molar-refractivity contribution >= 4 is 27.5 Å². The number of fused-ring (bicyclic) bond motifs is 2. The topological polar surface area (TPSA) is 55.1 Å². The number of rotatable bonds is 0. The molecular weight excluding hydrogens is 280 g/mol.